The van der Waals surface area contributed by atoms with E-state index in [-0.39, 0.29) is 0 Å². The lowest BCUT2D eigenvalue weighted by Gasteiger charge is -2.26. The van der Waals surface area contributed by atoms with Crippen molar-refractivity contribution in [2.24, 2.45) is 5.41 Å². The highest BCUT2D eigenvalue weighted by atomic mass is 15.0. The minimum Gasteiger partial charge on any atom is -0.320 e. The highest BCUT2D eigenvalue weighted by Gasteiger charge is 2.16. The van der Waals surface area contributed by atoms with Crippen molar-refractivity contribution >= 4 is 0 Å². The highest BCUT2D eigenvalue weighted by molar-refractivity contribution is 4.70. The summed E-state index contributed by atoms with van der Waals surface area (Å²) in [5, 5.41) is 3.20. The Morgan fingerprint density at radius 3 is 1.69 bits per heavy atom. The summed E-state index contributed by atoms with van der Waals surface area (Å²) in [6.45, 7) is 15.0. The Balaban J connectivity index is -0.000000376. The molecule has 0 spiro atoms. The second-order valence-corrected chi connectivity index (χ2v) is 4.57. The van der Waals surface area contributed by atoms with Gasteiger partial charge < -0.3 is 10.2 Å². The third kappa shape index (κ3) is 19.5. The number of nitrogens with zero attached hydrogens (tertiary/aromatic N) is 1. The van der Waals surface area contributed by atoms with Crippen LogP contribution in [0, 0.1) is 5.41 Å². The minimum absolute atomic E-state index is 0.479. The summed E-state index contributed by atoms with van der Waals surface area (Å²) >= 11 is 0. The molecule has 2 nitrogen and oxygen atoms in total. The van der Waals surface area contributed by atoms with Gasteiger partial charge in [0.15, 0.2) is 0 Å². The number of rotatable bonds is 6. The molecule has 0 aromatic carbocycles. The standard InChI is InChI=1S/C10H24N2.2C2H6/c1-10(2,6-8-11-3)7-9-12(4)5;2*1-2/h11H,6-9H2,1-5H3;2*1-2H3. The molecule has 0 saturated heterocycles. The maximum absolute atomic E-state index is 3.20. The maximum Gasteiger partial charge on any atom is -0.00197 e. The molecule has 0 unspecified atom stereocenters. The van der Waals surface area contributed by atoms with Crippen LogP contribution in [0.1, 0.15) is 54.4 Å². The summed E-state index contributed by atoms with van der Waals surface area (Å²) in [5.74, 6) is 0. The molecule has 1 N–H and O–H groups in total. The summed E-state index contributed by atoms with van der Waals surface area (Å²) in [5.41, 5.74) is 0.479. The van der Waals surface area contributed by atoms with E-state index < -0.39 is 0 Å². The molecule has 0 aliphatic rings. The molecule has 102 valence electrons. The lowest BCUT2D eigenvalue weighted by atomic mass is 9.85. The van der Waals surface area contributed by atoms with Crippen LogP contribution in [0.4, 0.5) is 0 Å². The van der Waals surface area contributed by atoms with Crippen LogP contribution in [0.2, 0.25) is 0 Å². The van der Waals surface area contributed by atoms with Gasteiger partial charge in [0, 0.05) is 0 Å². The van der Waals surface area contributed by atoms with Crippen LogP contribution < -0.4 is 5.32 Å². The van der Waals surface area contributed by atoms with Crippen molar-refractivity contribution in [2.45, 2.75) is 54.4 Å². The van der Waals surface area contributed by atoms with Crippen LogP contribution in [-0.2, 0) is 0 Å². The van der Waals surface area contributed by atoms with Crippen LogP contribution in [0.15, 0.2) is 0 Å². The summed E-state index contributed by atoms with van der Waals surface area (Å²) < 4.78 is 0. The fourth-order valence-corrected chi connectivity index (χ4v) is 1.11. The monoisotopic (exact) mass is 232 g/mol. The second-order valence-electron chi connectivity index (χ2n) is 4.57. The molecule has 0 aromatic heterocycles. The SMILES string of the molecule is CC.CC.CNCCC(C)(C)CCN(C)C. The van der Waals surface area contributed by atoms with E-state index in [1.807, 2.05) is 34.7 Å². The minimum atomic E-state index is 0.479. The number of hydrogen-bond donors (Lipinski definition) is 1. The molecule has 0 radical (unpaired) electrons. The van der Waals surface area contributed by atoms with Gasteiger partial charge in [0.25, 0.3) is 0 Å². The molecule has 0 rings (SSSR count). The van der Waals surface area contributed by atoms with Crippen LogP contribution in [0.5, 0.6) is 0 Å². The predicted octanol–water partition coefficient (Wildman–Crippen LogP) is 3.63. The van der Waals surface area contributed by atoms with E-state index in [9.17, 15) is 0 Å². The average molecular weight is 232 g/mol. The molecule has 0 fully saturated rings. The predicted molar refractivity (Wildman–Crippen MR) is 78.2 cm³/mol. The summed E-state index contributed by atoms with van der Waals surface area (Å²) in [6.07, 6.45) is 2.54. The van der Waals surface area contributed by atoms with Gasteiger partial charge in [-0.15, -0.1) is 0 Å². The fraction of sp³-hybridized carbons (Fsp3) is 1.00. The fourth-order valence-electron chi connectivity index (χ4n) is 1.11. The quantitative estimate of drug-likeness (QED) is 0.752. The normalized spacial score (nSPS) is 10.1. The van der Waals surface area contributed by atoms with Crippen molar-refractivity contribution in [1.82, 2.24) is 10.2 Å². The van der Waals surface area contributed by atoms with Gasteiger partial charge in [0.1, 0.15) is 0 Å². The molecule has 2 heteroatoms. The Hall–Kier alpha value is -0.0800. The Morgan fingerprint density at radius 1 is 0.938 bits per heavy atom. The van der Waals surface area contributed by atoms with Gasteiger partial charge >= 0.3 is 0 Å². The third-order valence-electron chi connectivity index (χ3n) is 2.29. The van der Waals surface area contributed by atoms with E-state index in [0.29, 0.717) is 5.41 Å². The lowest BCUT2D eigenvalue weighted by Crippen LogP contribution is -2.24. The first kappa shape index (κ1) is 21.2. The van der Waals surface area contributed by atoms with Crippen LogP contribution in [0.25, 0.3) is 0 Å². The zero-order chi connectivity index (χ0) is 13.6. The van der Waals surface area contributed by atoms with E-state index >= 15 is 0 Å². The van der Waals surface area contributed by atoms with Crippen molar-refractivity contribution < 1.29 is 0 Å². The number of nitrogens with one attached hydrogen (secondary N) is 1. The van der Waals surface area contributed by atoms with Crippen LogP contribution in [0.3, 0.4) is 0 Å². The van der Waals surface area contributed by atoms with E-state index in [1.165, 1.54) is 19.4 Å². The summed E-state index contributed by atoms with van der Waals surface area (Å²) in [6, 6.07) is 0. The molecule has 0 bridgehead atoms. The molecule has 0 heterocycles. The molecular weight excluding hydrogens is 196 g/mol. The van der Waals surface area contributed by atoms with Crippen molar-refractivity contribution in [3.63, 3.8) is 0 Å². The third-order valence-corrected chi connectivity index (χ3v) is 2.29. The first-order valence-electron chi connectivity index (χ1n) is 6.77. The summed E-state index contributed by atoms with van der Waals surface area (Å²) in [4.78, 5) is 2.25. The first-order chi connectivity index (χ1) is 7.48. The Bertz CT molecular complexity index is 109. The molecule has 0 aliphatic carbocycles. The van der Waals surface area contributed by atoms with Crippen LogP contribution >= 0.6 is 0 Å². The Morgan fingerprint density at radius 2 is 1.38 bits per heavy atom. The largest absolute Gasteiger partial charge is 0.320 e. The molecule has 16 heavy (non-hydrogen) atoms. The van der Waals surface area contributed by atoms with Gasteiger partial charge in [-0.25, -0.2) is 0 Å². The lowest BCUT2D eigenvalue weighted by molar-refractivity contribution is 0.257. The Kier molecular flexibility index (Phi) is 19.8. The van der Waals surface area contributed by atoms with Gasteiger partial charge in [-0.1, -0.05) is 41.5 Å². The summed E-state index contributed by atoms with van der Waals surface area (Å²) in [7, 11) is 6.28. The number of hydrogen-bond acceptors (Lipinski definition) is 2. The van der Waals surface area contributed by atoms with E-state index in [4.69, 9.17) is 0 Å². The van der Waals surface area contributed by atoms with Gasteiger partial charge in [-0.05, 0) is 52.5 Å². The van der Waals surface area contributed by atoms with E-state index in [2.05, 4.69) is 38.2 Å². The van der Waals surface area contributed by atoms with Gasteiger partial charge in [-0.2, -0.15) is 0 Å². The molecule has 0 aromatic rings. The van der Waals surface area contributed by atoms with E-state index in [0.717, 1.165) is 6.54 Å². The molecule has 0 amide bonds. The van der Waals surface area contributed by atoms with Gasteiger partial charge in [-0.3, -0.25) is 0 Å². The maximum atomic E-state index is 3.20. The van der Waals surface area contributed by atoms with Crippen LogP contribution in [-0.4, -0.2) is 39.1 Å². The van der Waals surface area contributed by atoms with Gasteiger partial charge in [0.2, 0.25) is 0 Å². The zero-order valence-electron chi connectivity index (χ0n) is 13.3. The van der Waals surface area contributed by atoms with Crippen molar-refractivity contribution in [2.75, 3.05) is 34.2 Å². The molecular formula is C14H36N2. The molecule has 0 aliphatic heterocycles. The topological polar surface area (TPSA) is 15.3 Å². The zero-order valence-corrected chi connectivity index (χ0v) is 13.3. The highest BCUT2D eigenvalue weighted by Crippen LogP contribution is 2.24. The van der Waals surface area contributed by atoms with Crippen molar-refractivity contribution in [3.05, 3.63) is 0 Å². The first-order valence-corrected chi connectivity index (χ1v) is 6.77. The smallest absolute Gasteiger partial charge is 0.00197 e. The average Bonchev–Trinajstić information content (AvgIpc) is 2.29. The van der Waals surface area contributed by atoms with Crippen molar-refractivity contribution in [3.8, 4) is 0 Å². The second kappa shape index (κ2) is 14.9. The van der Waals surface area contributed by atoms with Gasteiger partial charge in [0.05, 0.1) is 0 Å². The molecule has 0 saturated carbocycles. The Labute approximate surface area is 105 Å². The molecule has 0 atom stereocenters. The van der Waals surface area contributed by atoms with E-state index in [1.54, 1.807) is 0 Å². The van der Waals surface area contributed by atoms with Crippen molar-refractivity contribution in [1.29, 1.82) is 0 Å².